The maximum absolute atomic E-state index is 3.51. The molecule has 0 unspecified atom stereocenters. The lowest BCUT2D eigenvalue weighted by molar-refractivity contribution is 0.405. The molecular formula is C13H18N2S. The van der Waals surface area contributed by atoms with Crippen LogP contribution >= 0.6 is 11.3 Å². The van der Waals surface area contributed by atoms with Gasteiger partial charge in [-0.25, -0.2) is 0 Å². The zero-order valence-electron chi connectivity index (χ0n) is 9.86. The van der Waals surface area contributed by atoms with Crippen LogP contribution in [0.15, 0.2) is 29.6 Å². The number of thiophene rings is 1. The molecule has 0 saturated heterocycles. The summed E-state index contributed by atoms with van der Waals surface area (Å²) in [5.74, 6) is 0. The van der Waals surface area contributed by atoms with Crippen molar-refractivity contribution in [3.8, 4) is 0 Å². The third-order valence-corrected chi connectivity index (χ3v) is 3.54. The zero-order chi connectivity index (χ0) is 11.4. The summed E-state index contributed by atoms with van der Waals surface area (Å²) in [6.07, 6.45) is 1.18. The molecule has 0 fully saturated rings. The number of benzene rings is 1. The van der Waals surface area contributed by atoms with Gasteiger partial charge >= 0.3 is 0 Å². The Bertz CT molecular complexity index is 448. The minimum absolute atomic E-state index is 1.04. The molecule has 0 aliphatic carbocycles. The van der Waals surface area contributed by atoms with E-state index in [1.807, 2.05) is 0 Å². The summed E-state index contributed by atoms with van der Waals surface area (Å²) in [5.41, 5.74) is 1.27. The lowest BCUT2D eigenvalue weighted by atomic mass is 10.2. The number of anilines is 1. The van der Waals surface area contributed by atoms with Crippen molar-refractivity contribution in [2.45, 2.75) is 6.42 Å². The topological polar surface area (TPSA) is 15.3 Å². The van der Waals surface area contributed by atoms with E-state index in [0.29, 0.717) is 0 Å². The van der Waals surface area contributed by atoms with Crippen LogP contribution in [0.5, 0.6) is 0 Å². The van der Waals surface area contributed by atoms with Crippen LogP contribution in [0, 0.1) is 0 Å². The fraction of sp³-hybridized carbons (Fsp3) is 0.385. The van der Waals surface area contributed by atoms with Crippen molar-refractivity contribution in [2.24, 2.45) is 0 Å². The number of nitrogens with one attached hydrogen (secondary N) is 1. The molecule has 1 aromatic heterocycles. The molecule has 86 valence electrons. The molecular weight excluding hydrogens is 216 g/mol. The van der Waals surface area contributed by atoms with Crippen LogP contribution < -0.4 is 5.32 Å². The first-order chi connectivity index (χ1) is 7.77. The lowest BCUT2D eigenvalue weighted by Gasteiger charge is -2.11. The summed E-state index contributed by atoms with van der Waals surface area (Å²) in [6.45, 7) is 2.17. The summed E-state index contributed by atoms with van der Waals surface area (Å²) in [6, 6.07) is 8.61. The quantitative estimate of drug-likeness (QED) is 0.799. The standard InChI is InChI=1S/C13H18N2S/c1-15(2)9-4-8-14-12-6-3-5-11-7-10-16-13(11)12/h3,5-7,10,14H,4,8-9H2,1-2H3. The molecule has 1 N–H and O–H groups in total. The second kappa shape index (κ2) is 5.32. The Hall–Kier alpha value is -1.06. The Labute approximate surface area is 101 Å². The molecule has 0 spiro atoms. The molecule has 0 amide bonds. The van der Waals surface area contributed by atoms with Crippen LogP contribution in [0.1, 0.15) is 6.42 Å². The van der Waals surface area contributed by atoms with Gasteiger partial charge in [0.1, 0.15) is 0 Å². The minimum Gasteiger partial charge on any atom is -0.384 e. The van der Waals surface area contributed by atoms with Crippen molar-refractivity contribution in [1.29, 1.82) is 0 Å². The molecule has 0 aliphatic rings. The van der Waals surface area contributed by atoms with E-state index in [4.69, 9.17) is 0 Å². The van der Waals surface area contributed by atoms with Gasteiger partial charge in [-0.15, -0.1) is 11.3 Å². The summed E-state index contributed by atoms with van der Waals surface area (Å²) < 4.78 is 1.37. The SMILES string of the molecule is CN(C)CCCNc1cccc2ccsc12. The summed E-state index contributed by atoms with van der Waals surface area (Å²) in [4.78, 5) is 2.22. The van der Waals surface area contributed by atoms with Gasteiger partial charge in [0.25, 0.3) is 0 Å². The van der Waals surface area contributed by atoms with Crippen LogP contribution in [0.3, 0.4) is 0 Å². The first-order valence-corrected chi connectivity index (χ1v) is 6.50. The lowest BCUT2D eigenvalue weighted by Crippen LogP contribution is -2.16. The number of nitrogens with zero attached hydrogens (tertiary/aromatic N) is 1. The highest BCUT2D eigenvalue weighted by Gasteiger charge is 2.00. The molecule has 0 bridgehead atoms. The van der Waals surface area contributed by atoms with E-state index in [1.54, 1.807) is 11.3 Å². The van der Waals surface area contributed by atoms with Crippen molar-refractivity contribution >= 4 is 27.1 Å². The molecule has 0 aliphatic heterocycles. The van der Waals surface area contributed by atoms with Gasteiger partial charge in [0.2, 0.25) is 0 Å². The highest BCUT2D eigenvalue weighted by Crippen LogP contribution is 2.28. The smallest absolute Gasteiger partial charge is 0.0574 e. The Morgan fingerprint density at radius 1 is 1.25 bits per heavy atom. The molecule has 0 saturated carbocycles. The van der Waals surface area contributed by atoms with Crippen LogP contribution in [0.4, 0.5) is 5.69 Å². The van der Waals surface area contributed by atoms with Gasteiger partial charge in [-0.05, 0) is 50.0 Å². The largest absolute Gasteiger partial charge is 0.384 e. The van der Waals surface area contributed by atoms with Gasteiger partial charge in [-0.1, -0.05) is 12.1 Å². The van der Waals surface area contributed by atoms with E-state index in [0.717, 1.165) is 13.1 Å². The monoisotopic (exact) mass is 234 g/mol. The summed E-state index contributed by atoms with van der Waals surface area (Å²) in [5, 5.41) is 7.00. The second-order valence-corrected chi connectivity index (χ2v) is 5.14. The van der Waals surface area contributed by atoms with E-state index < -0.39 is 0 Å². The molecule has 16 heavy (non-hydrogen) atoms. The molecule has 0 radical (unpaired) electrons. The van der Waals surface area contributed by atoms with E-state index in [9.17, 15) is 0 Å². The number of hydrogen-bond acceptors (Lipinski definition) is 3. The predicted octanol–water partition coefficient (Wildman–Crippen LogP) is 3.26. The molecule has 2 nitrogen and oxygen atoms in total. The predicted molar refractivity (Wildman–Crippen MR) is 73.5 cm³/mol. The Morgan fingerprint density at radius 3 is 2.94 bits per heavy atom. The van der Waals surface area contributed by atoms with Crippen molar-refractivity contribution in [3.05, 3.63) is 29.6 Å². The third-order valence-electron chi connectivity index (χ3n) is 2.58. The second-order valence-electron chi connectivity index (χ2n) is 4.23. The number of hydrogen-bond donors (Lipinski definition) is 1. The molecule has 2 aromatic rings. The van der Waals surface area contributed by atoms with Crippen molar-refractivity contribution in [1.82, 2.24) is 4.90 Å². The number of fused-ring (bicyclic) bond motifs is 1. The van der Waals surface area contributed by atoms with E-state index >= 15 is 0 Å². The average molecular weight is 234 g/mol. The van der Waals surface area contributed by atoms with Crippen LogP contribution in [-0.2, 0) is 0 Å². The fourth-order valence-electron chi connectivity index (χ4n) is 1.75. The average Bonchev–Trinajstić information content (AvgIpc) is 2.72. The normalized spacial score (nSPS) is 11.2. The van der Waals surface area contributed by atoms with Gasteiger partial charge in [0.15, 0.2) is 0 Å². The molecule has 1 heterocycles. The van der Waals surface area contributed by atoms with Crippen LogP contribution in [0.2, 0.25) is 0 Å². The number of rotatable bonds is 5. The van der Waals surface area contributed by atoms with E-state index in [2.05, 4.69) is 54.0 Å². The van der Waals surface area contributed by atoms with Gasteiger partial charge in [-0.3, -0.25) is 0 Å². The van der Waals surface area contributed by atoms with Gasteiger partial charge in [0, 0.05) is 6.54 Å². The van der Waals surface area contributed by atoms with Gasteiger partial charge < -0.3 is 10.2 Å². The molecule has 0 atom stereocenters. The van der Waals surface area contributed by atoms with E-state index in [1.165, 1.54) is 22.2 Å². The molecule has 3 heteroatoms. The van der Waals surface area contributed by atoms with Crippen LogP contribution in [-0.4, -0.2) is 32.1 Å². The van der Waals surface area contributed by atoms with Crippen LogP contribution in [0.25, 0.3) is 10.1 Å². The van der Waals surface area contributed by atoms with Gasteiger partial charge in [0.05, 0.1) is 10.4 Å². The highest BCUT2D eigenvalue weighted by molar-refractivity contribution is 7.17. The summed E-state index contributed by atoms with van der Waals surface area (Å²) in [7, 11) is 4.22. The fourth-order valence-corrected chi connectivity index (χ4v) is 2.64. The maximum atomic E-state index is 3.51. The highest BCUT2D eigenvalue weighted by atomic mass is 32.1. The Kier molecular flexibility index (Phi) is 3.80. The van der Waals surface area contributed by atoms with Crippen molar-refractivity contribution in [3.63, 3.8) is 0 Å². The zero-order valence-corrected chi connectivity index (χ0v) is 10.7. The first kappa shape index (κ1) is 11.4. The minimum atomic E-state index is 1.04. The Morgan fingerprint density at radius 2 is 2.12 bits per heavy atom. The molecule has 2 rings (SSSR count). The van der Waals surface area contributed by atoms with Gasteiger partial charge in [-0.2, -0.15) is 0 Å². The third kappa shape index (κ3) is 2.74. The van der Waals surface area contributed by atoms with Crippen molar-refractivity contribution < 1.29 is 0 Å². The Balaban J connectivity index is 1.96. The summed E-state index contributed by atoms with van der Waals surface area (Å²) >= 11 is 1.81. The maximum Gasteiger partial charge on any atom is 0.0574 e. The van der Waals surface area contributed by atoms with E-state index in [-0.39, 0.29) is 0 Å². The molecule has 1 aromatic carbocycles. The first-order valence-electron chi connectivity index (χ1n) is 5.62. The van der Waals surface area contributed by atoms with Crippen molar-refractivity contribution in [2.75, 3.05) is 32.5 Å².